The van der Waals surface area contributed by atoms with Crippen LogP contribution < -0.4 is 0 Å². The predicted molar refractivity (Wildman–Crippen MR) is 31.2 cm³/mol. The van der Waals surface area contributed by atoms with Gasteiger partial charge in [0.15, 0.2) is 0 Å². The van der Waals surface area contributed by atoms with Crippen LogP contribution in [-0.4, -0.2) is 30.1 Å². The third-order valence-corrected chi connectivity index (χ3v) is 1.58. The van der Waals surface area contributed by atoms with E-state index in [0.29, 0.717) is 0 Å². The fourth-order valence-corrected chi connectivity index (χ4v) is 0.655. The smallest absolute Gasteiger partial charge is 0.237 e. The molecule has 0 spiro atoms. The topological polar surface area (TPSA) is 0 Å². The van der Waals surface area contributed by atoms with E-state index in [-0.39, 0.29) is 0 Å². The van der Waals surface area contributed by atoms with Crippen LogP contribution in [-0.2, 0) is 0 Å². The molecule has 0 aromatic carbocycles. The van der Waals surface area contributed by atoms with E-state index in [0.717, 1.165) is 0 Å². The van der Waals surface area contributed by atoms with Gasteiger partial charge in [0.05, 0.1) is 0 Å². The van der Waals surface area contributed by atoms with Crippen molar-refractivity contribution in [3.63, 3.8) is 0 Å². The number of hydrogen-bond donors (Lipinski definition) is 0. The van der Waals surface area contributed by atoms with Gasteiger partial charge in [0.2, 0.25) is 6.67 Å². The fraction of sp³-hybridized carbons (Fsp3) is 0.833. The lowest BCUT2D eigenvalue weighted by Gasteiger charge is -2.33. The molecule has 0 N–H and O–H groups in total. The van der Waals surface area contributed by atoms with Crippen LogP contribution >= 0.6 is 0 Å². The SMILES string of the molecule is F[CH]C(F)(F)C(F)(F)C(F)(F)C(F)C(F)(F)F. The average molecular weight is 283 g/mol. The number of rotatable bonds is 4. The van der Waals surface area contributed by atoms with E-state index in [9.17, 15) is 48.3 Å². The first kappa shape index (κ1) is 16.2. The molecule has 1 unspecified atom stereocenters. The van der Waals surface area contributed by atoms with Crippen LogP contribution in [0.25, 0.3) is 0 Å². The van der Waals surface area contributed by atoms with Crippen LogP contribution in [0.1, 0.15) is 0 Å². The van der Waals surface area contributed by atoms with Gasteiger partial charge in [0.1, 0.15) is 0 Å². The summed E-state index contributed by atoms with van der Waals surface area (Å²) in [5.74, 6) is -19.9. The molecule has 11 heteroatoms. The second-order valence-electron chi connectivity index (χ2n) is 2.83. The van der Waals surface area contributed by atoms with Gasteiger partial charge in [-0.2, -0.15) is 39.5 Å². The molecule has 0 nitrogen and oxygen atoms in total. The van der Waals surface area contributed by atoms with Crippen LogP contribution in [0, 0.1) is 6.67 Å². The normalized spacial score (nSPS) is 17.1. The molecule has 0 bridgehead atoms. The first-order valence-corrected chi connectivity index (χ1v) is 3.50. The largest absolute Gasteiger partial charge is 0.425 e. The average Bonchev–Trinajstić information content (AvgIpc) is 2.14. The Kier molecular flexibility index (Phi) is 3.97. The highest BCUT2D eigenvalue weighted by Gasteiger charge is 2.78. The summed E-state index contributed by atoms with van der Waals surface area (Å²) in [6.07, 6.45) is -12.1. The predicted octanol–water partition coefficient (Wildman–Crippen LogP) is 3.92. The van der Waals surface area contributed by atoms with Crippen molar-refractivity contribution >= 4 is 0 Å². The minimum absolute atomic E-state index is 2.23. The Balaban J connectivity index is 5.45. The van der Waals surface area contributed by atoms with Crippen molar-refractivity contribution in [1.82, 2.24) is 0 Å². The van der Waals surface area contributed by atoms with Crippen molar-refractivity contribution in [2.24, 2.45) is 0 Å². The molecule has 0 amide bonds. The minimum atomic E-state index is -6.87. The van der Waals surface area contributed by atoms with Crippen LogP contribution in [0.2, 0.25) is 0 Å². The zero-order valence-electron chi connectivity index (χ0n) is 7.31. The van der Waals surface area contributed by atoms with E-state index in [1.165, 1.54) is 0 Å². The zero-order chi connectivity index (χ0) is 14.3. The van der Waals surface area contributed by atoms with Gasteiger partial charge >= 0.3 is 23.9 Å². The Morgan fingerprint density at radius 1 is 0.765 bits per heavy atom. The van der Waals surface area contributed by atoms with Gasteiger partial charge in [-0.05, 0) is 0 Å². The van der Waals surface area contributed by atoms with Crippen molar-refractivity contribution < 1.29 is 48.3 Å². The highest BCUT2D eigenvalue weighted by Crippen LogP contribution is 2.52. The lowest BCUT2D eigenvalue weighted by molar-refractivity contribution is -0.351. The molecule has 0 saturated carbocycles. The first-order chi connectivity index (χ1) is 7.22. The maximum Gasteiger partial charge on any atom is 0.425 e. The Morgan fingerprint density at radius 2 is 1.12 bits per heavy atom. The van der Waals surface area contributed by atoms with Crippen molar-refractivity contribution in [1.29, 1.82) is 0 Å². The van der Waals surface area contributed by atoms with Gasteiger partial charge in [-0.3, -0.25) is 0 Å². The van der Waals surface area contributed by atoms with E-state index in [4.69, 9.17) is 0 Å². The molecule has 0 aliphatic heterocycles. The minimum Gasteiger partial charge on any atom is -0.237 e. The standard InChI is InChI=1S/C6H2F11/c7-1-3(9,10)6(16,17)4(11,12)2(8)5(13,14)15/h1-2H. The van der Waals surface area contributed by atoms with E-state index in [2.05, 4.69) is 0 Å². The molecule has 0 aliphatic rings. The molecular formula is C6H2F11. The van der Waals surface area contributed by atoms with Crippen LogP contribution in [0.15, 0.2) is 0 Å². The third-order valence-electron chi connectivity index (χ3n) is 1.58. The molecule has 103 valence electrons. The quantitative estimate of drug-likeness (QED) is 0.686. The molecule has 0 aromatic rings. The molecule has 0 fully saturated rings. The highest BCUT2D eigenvalue weighted by atomic mass is 19.4. The van der Waals surface area contributed by atoms with Crippen molar-refractivity contribution in [3.05, 3.63) is 6.67 Å². The molecule has 0 rings (SSSR count). The third kappa shape index (κ3) is 2.57. The molecule has 0 aliphatic carbocycles. The van der Waals surface area contributed by atoms with E-state index in [1.54, 1.807) is 0 Å². The van der Waals surface area contributed by atoms with Crippen molar-refractivity contribution in [2.45, 2.75) is 30.1 Å². The van der Waals surface area contributed by atoms with Gasteiger partial charge in [0.25, 0.3) is 6.17 Å². The molecule has 1 atom stereocenters. The molecular weight excluding hydrogens is 281 g/mol. The van der Waals surface area contributed by atoms with Crippen LogP contribution in [0.5, 0.6) is 0 Å². The summed E-state index contributed by atoms with van der Waals surface area (Å²) in [6, 6.07) is 0. The molecule has 0 aromatic heterocycles. The summed E-state index contributed by atoms with van der Waals surface area (Å²) < 4.78 is 131. The van der Waals surface area contributed by atoms with Crippen molar-refractivity contribution in [2.75, 3.05) is 0 Å². The summed E-state index contributed by atoms with van der Waals surface area (Å²) in [6.45, 7) is -2.23. The fourth-order valence-electron chi connectivity index (χ4n) is 0.655. The maximum atomic E-state index is 12.3. The second-order valence-corrected chi connectivity index (χ2v) is 2.83. The maximum absolute atomic E-state index is 12.3. The highest BCUT2D eigenvalue weighted by molar-refractivity contribution is 5.04. The van der Waals surface area contributed by atoms with E-state index in [1.807, 2.05) is 0 Å². The summed E-state index contributed by atoms with van der Waals surface area (Å²) in [5.41, 5.74) is 0. The zero-order valence-corrected chi connectivity index (χ0v) is 7.31. The number of alkyl halides is 10. The lowest BCUT2D eigenvalue weighted by Crippen LogP contribution is -2.61. The van der Waals surface area contributed by atoms with Crippen molar-refractivity contribution in [3.8, 4) is 0 Å². The Labute approximate surface area is 86.4 Å². The van der Waals surface area contributed by atoms with Gasteiger partial charge in [-0.1, -0.05) is 0 Å². The molecule has 17 heavy (non-hydrogen) atoms. The summed E-state index contributed by atoms with van der Waals surface area (Å²) >= 11 is 0. The second kappa shape index (κ2) is 4.16. The molecule has 0 heterocycles. The Morgan fingerprint density at radius 3 is 1.35 bits per heavy atom. The van der Waals surface area contributed by atoms with E-state index < -0.39 is 36.8 Å². The van der Waals surface area contributed by atoms with Crippen LogP contribution in [0.3, 0.4) is 0 Å². The molecule has 1 radical (unpaired) electrons. The van der Waals surface area contributed by atoms with Gasteiger partial charge < -0.3 is 0 Å². The van der Waals surface area contributed by atoms with Gasteiger partial charge in [-0.25, -0.2) is 8.78 Å². The summed E-state index contributed by atoms with van der Waals surface area (Å²) in [7, 11) is 0. The first-order valence-electron chi connectivity index (χ1n) is 3.50. The lowest BCUT2D eigenvalue weighted by atomic mass is 10.0. The van der Waals surface area contributed by atoms with Gasteiger partial charge in [0, 0.05) is 0 Å². The summed E-state index contributed by atoms with van der Waals surface area (Å²) in [5, 5.41) is 0. The number of halogens is 11. The number of hydrogen-bond acceptors (Lipinski definition) is 0. The Hall–Kier alpha value is -0.770. The summed E-state index contributed by atoms with van der Waals surface area (Å²) in [4.78, 5) is 0. The monoisotopic (exact) mass is 283 g/mol. The van der Waals surface area contributed by atoms with Crippen LogP contribution in [0.4, 0.5) is 48.3 Å². The van der Waals surface area contributed by atoms with E-state index >= 15 is 0 Å². The van der Waals surface area contributed by atoms with Gasteiger partial charge in [-0.15, -0.1) is 0 Å². The molecule has 0 saturated heterocycles. The Bertz CT molecular complexity index is 264.